The Kier molecular flexibility index (Phi) is 62.9. The number of carbonyl (C=O) groups is 3. The van der Waals surface area contributed by atoms with Gasteiger partial charge in [0.2, 0.25) is 0 Å². The highest BCUT2D eigenvalue weighted by molar-refractivity contribution is 5.71. The maximum atomic E-state index is 12.9. The van der Waals surface area contributed by atoms with Gasteiger partial charge >= 0.3 is 17.9 Å². The maximum Gasteiger partial charge on any atom is 0.306 e. The lowest BCUT2D eigenvalue weighted by Gasteiger charge is -2.18. The standard InChI is InChI=1S/C75H118O6/c1-4-7-10-13-16-19-22-25-27-28-29-30-31-32-33-34-35-36-37-38-39-40-41-42-43-44-45-46-48-50-53-56-59-62-65-68-74(77)80-71-72(70-79-73(76)67-64-61-58-55-52-49-24-21-18-15-12-9-6-3)81-75(78)69-66-63-60-57-54-51-47-26-23-20-17-14-11-8-5-2/h7-8,10-11,16-17,19-21,24-27,29-30,32-33,35-36,38-39,41-42,44-45,47,54,57,72H,4-6,9,12-15,18,22-23,28,31,34,37,40,43,46,48-53,55-56,58-71H2,1-3H3/b10-7-,11-8-,19-16-,20-17-,24-21-,27-25-,30-29-,33-32-,36-35-,39-38-,42-41-,45-44-,47-26-,57-54-. The van der Waals surface area contributed by atoms with Crippen LogP contribution in [0.5, 0.6) is 0 Å². The van der Waals surface area contributed by atoms with E-state index in [0.29, 0.717) is 19.3 Å². The van der Waals surface area contributed by atoms with Gasteiger partial charge < -0.3 is 14.2 Å². The minimum Gasteiger partial charge on any atom is -0.462 e. The molecule has 0 N–H and O–H groups in total. The summed E-state index contributed by atoms with van der Waals surface area (Å²) >= 11 is 0. The first-order valence-electron chi connectivity index (χ1n) is 32.6. The van der Waals surface area contributed by atoms with Crippen molar-refractivity contribution in [2.45, 2.75) is 271 Å². The molecule has 0 aromatic rings. The summed E-state index contributed by atoms with van der Waals surface area (Å²) in [5.41, 5.74) is 0. The Morgan fingerprint density at radius 2 is 0.481 bits per heavy atom. The molecule has 0 aromatic heterocycles. The van der Waals surface area contributed by atoms with Crippen molar-refractivity contribution in [2.75, 3.05) is 13.2 Å². The molecular weight excluding hydrogens is 997 g/mol. The van der Waals surface area contributed by atoms with Crippen molar-refractivity contribution < 1.29 is 28.6 Å². The van der Waals surface area contributed by atoms with Gasteiger partial charge in [-0.15, -0.1) is 0 Å². The first-order valence-corrected chi connectivity index (χ1v) is 32.6. The van der Waals surface area contributed by atoms with Gasteiger partial charge in [-0.1, -0.05) is 262 Å². The molecule has 454 valence electrons. The molecule has 0 aliphatic heterocycles. The highest BCUT2D eigenvalue weighted by Gasteiger charge is 2.19. The smallest absolute Gasteiger partial charge is 0.306 e. The summed E-state index contributed by atoms with van der Waals surface area (Å²) in [6.07, 6.45) is 99.4. The Morgan fingerprint density at radius 3 is 0.790 bits per heavy atom. The summed E-state index contributed by atoms with van der Waals surface area (Å²) in [7, 11) is 0. The molecule has 0 heterocycles. The van der Waals surface area contributed by atoms with Gasteiger partial charge in [0.05, 0.1) is 0 Å². The summed E-state index contributed by atoms with van der Waals surface area (Å²) in [6.45, 7) is 6.33. The molecule has 0 aromatic carbocycles. The molecule has 1 atom stereocenters. The number of rotatable bonds is 57. The summed E-state index contributed by atoms with van der Waals surface area (Å²) < 4.78 is 16.8. The minimum atomic E-state index is -0.816. The third-order valence-electron chi connectivity index (χ3n) is 13.2. The van der Waals surface area contributed by atoms with Crippen LogP contribution in [0.3, 0.4) is 0 Å². The van der Waals surface area contributed by atoms with Crippen LogP contribution < -0.4 is 0 Å². The Balaban J connectivity index is 4.32. The number of carbonyl (C=O) groups excluding carboxylic acids is 3. The molecule has 0 fully saturated rings. The van der Waals surface area contributed by atoms with E-state index in [2.05, 4.69) is 191 Å². The molecule has 0 aliphatic carbocycles. The van der Waals surface area contributed by atoms with Crippen LogP contribution in [0.4, 0.5) is 0 Å². The Bertz CT molecular complexity index is 1860. The molecule has 0 radical (unpaired) electrons. The molecule has 0 saturated carbocycles. The molecule has 6 heteroatoms. The molecule has 0 saturated heterocycles. The van der Waals surface area contributed by atoms with Crippen LogP contribution in [-0.2, 0) is 28.6 Å². The zero-order chi connectivity index (χ0) is 58.5. The van der Waals surface area contributed by atoms with Crippen molar-refractivity contribution in [1.82, 2.24) is 0 Å². The summed E-state index contributed by atoms with van der Waals surface area (Å²) in [6, 6.07) is 0. The van der Waals surface area contributed by atoms with Gasteiger partial charge in [0.1, 0.15) is 13.2 Å². The molecule has 0 rings (SSSR count). The largest absolute Gasteiger partial charge is 0.462 e. The van der Waals surface area contributed by atoms with Gasteiger partial charge in [-0.2, -0.15) is 0 Å². The van der Waals surface area contributed by atoms with E-state index < -0.39 is 6.10 Å². The van der Waals surface area contributed by atoms with E-state index in [4.69, 9.17) is 14.2 Å². The first-order chi connectivity index (χ1) is 40.0. The SMILES string of the molecule is CC/C=C\C/C=C\C/C=C\C/C=C\C/C=C\C/C=C\C/C=C\C/C=C\C/C=C\CCCCCCCCCC(=O)OCC(COC(=O)CCCCCCC/C=C\CCCCCC)OC(=O)CCCC/C=C\C/C=C\C/C=C\C/C=C\CC. The van der Waals surface area contributed by atoms with Gasteiger partial charge in [0, 0.05) is 19.3 Å². The van der Waals surface area contributed by atoms with Crippen LogP contribution in [0.25, 0.3) is 0 Å². The molecule has 0 aliphatic rings. The van der Waals surface area contributed by atoms with Crippen molar-refractivity contribution >= 4 is 17.9 Å². The second-order valence-electron chi connectivity index (χ2n) is 20.9. The predicted octanol–water partition coefficient (Wildman–Crippen LogP) is 22.7. The Labute approximate surface area is 498 Å². The Morgan fingerprint density at radius 1 is 0.259 bits per heavy atom. The minimum absolute atomic E-state index is 0.109. The molecule has 0 bridgehead atoms. The van der Waals surface area contributed by atoms with Crippen molar-refractivity contribution in [2.24, 2.45) is 0 Å². The number of ether oxygens (including phenoxy) is 3. The maximum absolute atomic E-state index is 12.9. The van der Waals surface area contributed by atoms with E-state index in [0.717, 1.165) is 154 Å². The van der Waals surface area contributed by atoms with Gasteiger partial charge in [-0.25, -0.2) is 0 Å². The second kappa shape index (κ2) is 67.3. The quantitative estimate of drug-likeness (QED) is 0.0261. The lowest BCUT2D eigenvalue weighted by atomic mass is 10.1. The van der Waals surface area contributed by atoms with Crippen LogP contribution in [0, 0.1) is 0 Å². The van der Waals surface area contributed by atoms with Crippen molar-refractivity contribution in [3.63, 3.8) is 0 Å². The van der Waals surface area contributed by atoms with E-state index in [1.54, 1.807) is 0 Å². The third kappa shape index (κ3) is 65.5. The third-order valence-corrected chi connectivity index (χ3v) is 13.2. The van der Waals surface area contributed by atoms with E-state index >= 15 is 0 Å². The molecule has 0 amide bonds. The van der Waals surface area contributed by atoms with Crippen LogP contribution in [-0.4, -0.2) is 37.2 Å². The lowest BCUT2D eigenvalue weighted by molar-refractivity contribution is -0.167. The second-order valence-corrected chi connectivity index (χ2v) is 20.9. The van der Waals surface area contributed by atoms with Crippen LogP contribution in [0.15, 0.2) is 170 Å². The fourth-order valence-corrected chi connectivity index (χ4v) is 8.36. The van der Waals surface area contributed by atoms with Crippen molar-refractivity contribution in [3.05, 3.63) is 170 Å². The van der Waals surface area contributed by atoms with Crippen molar-refractivity contribution in [3.8, 4) is 0 Å². The zero-order valence-electron chi connectivity index (χ0n) is 52.0. The van der Waals surface area contributed by atoms with Crippen LogP contribution in [0.2, 0.25) is 0 Å². The molecule has 1 unspecified atom stereocenters. The number of esters is 3. The highest BCUT2D eigenvalue weighted by atomic mass is 16.6. The molecule has 0 spiro atoms. The average Bonchev–Trinajstić information content (AvgIpc) is 3.46. The van der Waals surface area contributed by atoms with Gasteiger partial charge in [0.15, 0.2) is 6.10 Å². The van der Waals surface area contributed by atoms with Crippen molar-refractivity contribution in [1.29, 1.82) is 0 Å². The fraction of sp³-hybridized carbons (Fsp3) is 0.587. The highest BCUT2D eigenvalue weighted by Crippen LogP contribution is 2.14. The van der Waals surface area contributed by atoms with E-state index in [1.165, 1.54) is 64.2 Å². The number of unbranched alkanes of at least 4 members (excludes halogenated alkanes) is 18. The number of hydrogen-bond donors (Lipinski definition) is 0. The first kappa shape index (κ1) is 75.8. The number of allylic oxidation sites excluding steroid dienone is 28. The van der Waals surface area contributed by atoms with Gasteiger partial charge in [-0.3, -0.25) is 14.4 Å². The zero-order valence-corrected chi connectivity index (χ0v) is 52.0. The van der Waals surface area contributed by atoms with Crippen LogP contribution in [0.1, 0.15) is 265 Å². The molecular formula is C75H118O6. The fourth-order valence-electron chi connectivity index (χ4n) is 8.36. The average molecular weight is 1120 g/mol. The van der Waals surface area contributed by atoms with E-state index in [1.807, 2.05) is 0 Å². The lowest BCUT2D eigenvalue weighted by Crippen LogP contribution is -2.30. The summed E-state index contributed by atoms with van der Waals surface area (Å²) in [5, 5.41) is 0. The Hall–Kier alpha value is -5.23. The number of hydrogen-bond acceptors (Lipinski definition) is 6. The summed E-state index contributed by atoms with van der Waals surface area (Å²) in [4.78, 5) is 38.2. The van der Waals surface area contributed by atoms with E-state index in [9.17, 15) is 14.4 Å². The van der Waals surface area contributed by atoms with E-state index in [-0.39, 0.29) is 37.5 Å². The van der Waals surface area contributed by atoms with Crippen LogP contribution >= 0.6 is 0 Å². The topological polar surface area (TPSA) is 78.9 Å². The summed E-state index contributed by atoms with van der Waals surface area (Å²) in [5.74, 6) is -0.975. The monoisotopic (exact) mass is 1110 g/mol. The molecule has 81 heavy (non-hydrogen) atoms. The predicted molar refractivity (Wildman–Crippen MR) is 352 cm³/mol. The van der Waals surface area contributed by atoms with Gasteiger partial charge in [-0.05, 0) is 154 Å². The molecule has 6 nitrogen and oxygen atoms in total. The normalized spacial score (nSPS) is 13.3. The van der Waals surface area contributed by atoms with Gasteiger partial charge in [0.25, 0.3) is 0 Å².